The molecule has 6 nitrogen and oxygen atoms in total. The molecule has 0 spiro atoms. The van der Waals surface area contributed by atoms with Gasteiger partial charge in [0, 0.05) is 49.5 Å². The number of piperazine rings is 1. The summed E-state index contributed by atoms with van der Waals surface area (Å²) >= 11 is 6.13. The Morgan fingerprint density at radius 3 is 2.67 bits per heavy atom. The molecule has 27 heavy (non-hydrogen) atoms. The van der Waals surface area contributed by atoms with E-state index in [1.165, 1.54) is 24.9 Å². The van der Waals surface area contributed by atoms with E-state index in [1.54, 1.807) is 0 Å². The lowest BCUT2D eigenvalue weighted by molar-refractivity contribution is 0.445. The van der Waals surface area contributed by atoms with Gasteiger partial charge < -0.3 is 14.7 Å². The first-order valence-electron chi connectivity index (χ1n) is 9.96. The minimum atomic E-state index is 0.572. The molecule has 0 bridgehead atoms. The summed E-state index contributed by atoms with van der Waals surface area (Å²) < 4.78 is 0. The van der Waals surface area contributed by atoms with Crippen LogP contribution in [-0.2, 0) is 0 Å². The van der Waals surface area contributed by atoms with E-state index in [9.17, 15) is 0 Å². The molecule has 4 rings (SSSR count). The Balaban J connectivity index is 1.44. The maximum absolute atomic E-state index is 6.13. The van der Waals surface area contributed by atoms with Crippen molar-refractivity contribution in [2.45, 2.75) is 38.6 Å². The highest BCUT2D eigenvalue weighted by atomic mass is 35.5. The first-order valence-corrected chi connectivity index (χ1v) is 10.3. The van der Waals surface area contributed by atoms with Gasteiger partial charge in [-0.2, -0.15) is 10.1 Å². The van der Waals surface area contributed by atoms with Gasteiger partial charge in [-0.25, -0.2) is 0 Å². The molecule has 1 aromatic heterocycles. The standard InChI is InChI=1S/C20H27ClN6/c1-2-17-7-3-4-9-27(17)19-15-22-24-20(23-19)26-12-10-25(11-13-26)18-8-5-6-16(21)14-18/h5-6,8,14-15,17H,2-4,7,9-13H2,1H3. The Hall–Kier alpha value is -2.08. The highest BCUT2D eigenvalue weighted by Crippen LogP contribution is 2.26. The van der Waals surface area contributed by atoms with Gasteiger partial charge >= 0.3 is 0 Å². The predicted octanol–water partition coefficient (Wildman–Crippen LogP) is 3.62. The largest absolute Gasteiger partial charge is 0.368 e. The van der Waals surface area contributed by atoms with Crippen LogP contribution >= 0.6 is 11.6 Å². The number of anilines is 3. The van der Waals surface area contributed by atoms with Crippen molar-refractivity contribution in [3.63, 3.8) is 0 Å². The van der Waals surface area contributed by atoms with E-state index in [0.29, 0.717) is 6.04 Å². The van der Waals surface area contributed by atoms with Gasteiger partial charge in [0.05, 0.1) is 6.20 Å². The van der Waals surface area contributed by atoms with Crippen LogP contribution in [0.3, 0.4) is 0 Å². The fourth-order valence-corrected chi connectivity index (χ4v) is 4.31. The van der Waals surface area contributed by atoms with Crippen LogP contribution in [0.1, 0.15) is 32.6 Å². The highest BCUT2D eigenvalue weighted by molar-refractivity contribution is 6.30. The second kappa shape index (κ2) is 8.30. The number of benzene rings is 1. The molecule has 7 heteroatoms. The Kier molecular flexibility index (Phi) is 5.62. The number of aromatic nitrogens is 3. The van der Waals surface area contributed by atoms with Crippen LogP contribution in [0, 0.1) is 0 Å². The van der Waals surface area contributed by atoms with E-state index in [-0.39, 0.29) is 0 Å². The van der Waals surface area contributed by atoms with Crippen molar-refractivity contribution >= 4 is 29.1 Å². The van der Waals surface area contributed by atoms with E-state index >= 15 is 0 Å². The Morgan fingerprint density at radius 2 is 1.89 bits per heavy atom. The third-order valence-electron chi connectivity index (χ3n) is 5.66. The Morgan fingerprint density at radius 1 is 1.07 bits per heavy atom. The summed E-state index contributed by atoms with van der Waals surface area (Å²) in [6, 6.07) is 8.63. The third kappa shape index (κ3) is 4.10. The van der Waals surface area contributed by atoms with Crippen molar-refractivity contribution < 1.29 is 0 Å². The van der Waals surface area contributed by atoms with Crippen molar-refractivity contribution in [1.82, 2.24) is 15.2 Å². The minimum Gasteiger partial charge on any atom is -0.368 e. The lowest BCUT2D eigenvalue weighted by Gasteiger charge is -2.38. The molecule has 1 unspecified atom stereocenters. The first kappa shape index (κ1) is 18.3. The van der Waals surface area contributed by atoms with Crippen LogP contribution in [-0.4, -0.2) is 53.9 Å². The van der Waals surface area contributed by atoms with Gasteiger partial charge in [0.2, 0.25) is 5.95 Å². The van der Waals surface area contributed by atoms with Crippen molar-refractivity contribution in [2.24, 2.45) is 0 Å². The van der Waals surface area contributed by atoms with Crippen LogP contribution in [0.25, 0.3) is 0 Å². The predicted molar refractivity (Wildman–Crippen MR) is 111 cm³/mol. The number of piperidine rings is 1. The average molecular weight is 387 g/mol. The van der Waals surface area contributed by atoms with Gasteiger partial charge in [-0.05, 0) is 43.9 Å². The fraction of sp³-hybridized carbons (Fsp3) is 0.550. The molecule has 0 N–H and O–H groups in total. The molecule has 2 fully saturated rings. The number of rotatable bonds is 4. The van der Waals surface area contributed by atoms with Crippen LogP contribution in [0.4, 0.5) is 17.5 Å². The molecule has 0 amide bonds. The molecule has 2 saturated heterocycles. The molecule has 2 aromatic rings. The van der Waals surface area contributed by atoms with E-state index in [1.807, 2.05) is 24.4 Å². The SMILES string of the molecule is CCC1CCCCN1c1cnnc(N2CCN(c3cccc(Cl)c3)CC2)n1. The average Bonchev–Trinajstić information content (AvgIpc) is 2.74. The number of halogens is 1. The zero-order chi connectivity index (χ0) is 18.6. The van der Waals surface area contributed by atoms with E-state index in [2.05, 4.69) is 37.9 Å². The zero-order valence-corrected chi connectivity index (χ0v) is 16.6. The zero-order valence-electron chi connectivity index (χ0n) is 15.9. The lowest BCUT2D eigenvalue weighted by atomic mass is 10.0. The Bertz CT molecular complexity index is 762. The smallest absolute Gasteiger partial charge is 0.247 e. The van der Waals surface area contributed by atoms with Gasteiger partial charge in [0.15, 0.2) is 5.82 Å². The third-order valence-corrected chi connectivity index (χ3v) is 5.90. The van der Waals surface area contributed by atoms with Crippen LogP contribution in [0.15, 0.2) is 30.5 Å². The van der Waals surface area contributed by atoms with Gasteiger partial charge in [0.25, 0.3) is 0 Å². The van der Waals surface area contributed by atoms with Gasteiger partial charge in [-0.15, -0.1) is 5.10 Å². The molecule has 1 atom stereocenters. The first-order chi connectivity index (χ1) is 13.2. The number of nitrogens with zero attached hydrogens (tertiary/aromatic N) is 6. The van der Waals surface area contributed by atoms with Crippen LogP contribution < -0.4 is 14.7 Å². The molecule has 0 radical (unpaired) electrons. The normalized spacial score (nSPS) is 20.8. The quantitative estimate of drug-likeness (QED) is 0.799. The summed E-state index contributed by atoms with van der Waals surface area (Å²) in [4.78, 5) is 11.9. The summed E-state index contributed by atoms with van der Waals surface area (Å²) in [5, 5.41) is 9.36. The second-order valence-corrected chi connectivity index (χ2v) is 7.76. The van der Waals surface area contributed by atoms with Crippen molar-refractivity contribution in [2.75, 3.05) is 47.4 Å². The molecule has 2 aliphatic heterocycles. The maximum atomic E-state index is 6.13. The summed E-state index contributed by atoms with van der Waals surface area (Å²) in [5.74, 6) is 1.72. The van der Waals surface area contributed by atoms with Gasteiger partial charge in [-0.1, -0.05) is 24.6 Å². The molecule has 0 saturated carbocycles. The molecular formula is C20H27ClN6. The molecule has 2 aliphatic rings. The van der Waals surface area contributed by atoms with Crippen LogP contribution in [0.5, 0.6) is 0 Å². The Labute approximate surface area is 166 Å². The lowest BCUT2D eigenvalue weighted by Crippen LogP contribution is -2.47. The van der Waals surface area contributed by atoms with E-state index in [0.717, 1.165) is 55.9 Å². The van der Waals surface area contributed by atoms with E-state index < -0.39 is 0 Å². The summed E-state index contributed by atoms with van der Waals surface area (Å²) in [6.07, 6.45) is 6.76. The second-order valence-electron chi connectivity index (χ2n) is 7.32. The van der Waals surface area contributed by atoms with Crippen LogP contribution in [0.2, 0.25) is 5.02 Å². The highest BCUT2D eigenvalue weighted by Gasteiger charge is 2.25. The fourth-order valence-electron chi connectivity index (χ4n) is 4.12. The molecule has 144 valence electrons. The topological polar surface area (TPSA) is 48.4 Å². The van der Waals surface area contributed by atoms with Crippen molar-refractivity contribution in [1.29, 1.82) is 0 Å². The summed E-state index contributed by atoms with van der Waals surface area (Å²) in [7, 11) is 0. The summed E-state index contributed by atoms with van der Waals surface area (Å²) in [6.45, 7) is 6.95. The summed E-state index contributed by atoms with van der Waals surface area (Å²) in [5.41, 5.74) is 1.18. The molecule has 0 aliphatic carbocycles. The van der Waals surface area contributed by atoms with E-state index in [4.69, 9.17) is 16.6 Å². The monoisotopic (exact) mass is 386 g/mol. The van der Waals surface area contributed by atoms with Gasteiger partial charge in [-0.3, -0.25) is 0 Å². The molecule has 1 aromatic carbocycles. The minimum absolute atomic E-state index is 0.572. The van der Waals surface area contributed by atoms with Crippen molar-refractivity contribution in [3.05, 3.63) is 35.5 Å². The molecular weight excluding hydrogens is 360 g/mol. The van der Waals surface area contributed by atoms with Gasteiger partial charge in [0.1, 0.15) is 0 Å². The number of hydrogen-bond acceptors (Lipinski definition) is 6. The maximum Gasteiger partial charge on any atom is 0.247 e. The van der Waals surface area contributed by atoms with Crippen molar-refractivity contribution in [3.8, 4) is 0 Å². The number of hydrogen-bond donors (Lipinski definition) is 0. The molecule has 3 heterocycles.